The molecule has 1 heterocycles. The van der Waals surface area contributed by atoms with Crippen molar-refractivity contribution in [1.29, 1.82) is 0 Å². The van der Waals surface area contributed by atoms with Gasteiger partial charge in [-0.05, 0) is 31.9 Å². The van der Waals surface area contributed by atoms with E-state index in [1.54, 1.807) is 16.8 Å². The minimum atomic E-state index is -0.620. The Labute approximate surface area is 201 Å². The average Bonchev–Trinajstić information content (AvgIpc) is 3.08. The summed E-state index contributed by atoms with van der Waals surface area (Å²) >= 11 is 0. The maximum absolute atomic E-state index is 13.8. The predicted molar refractivity (Wildman–Crippen MR) is 132 cm³/mol. The lowest BCUT2D eigenvalue weighted by atomic mass is 10.1. The van der Waals surface area contributed by atoms with Crippen LogP contribution in [0.4, 0.5) is 4.39 Å². The topological polar surface area (TPSA) is 59.8 Å². The van der Waals surface area contributed by atoms with E-state index in [4.69, 9.17) is 14.6 Å². The Bertz CT molecular complexity index is 1040. The molecular formula is C27H36FN3O3. The number of aryl methyl sites for hydroxylation is 1. The highest BCUT2D eigenvalue weighted by Gasteiger charge is 2.24. The summed E-state index contributed by atoms with van der Waals surface area (Å²) < 4.78 is 27.3. The second-order valence-corrected chi connectivity index (χ2v) is 9.29. The molecule has 0 aliphatic rings. The number of benzene rings is 2. The molecular weight excluding hydrogens is 433 g/mol. The maximum atomic E-state index is 13.8. The third kappa shape index (κ3) is 7.13. The molecule has 0 spiro atoms. The number of nitrogens with zero attached hydrogens (tertiary/aromatic N) is 3. The molecule has 3 aromatic rings. The second kappa shape index (κ2) is 12.1. The number of aromatic nitrogens is 2. The Kier molecular flexibility index (Phi) is 9.21. The number of aliphatic hydroxyl groups is 1. The van der Waals surface area contributed by atoms with E-state index in [1.165, 1.54) is 12.1 Å². The van der Waals surface area contributed by atoms with Crippen LogP contribution >= 0.6 is 0 Å². The Morgan fingerprint density at radius 2 is 1.76 bits per heavy atom. The van der Waals surface area contributed by atoms with Crippen LogP contribution in [0.15, 0.2) is 54.6 Å². The minimum absolute atomic E-state index is 0.158. The zero-order valence-electron chi connectivity index (χ0n) is 20.7. The Morgan fingerprint density at radius 3 is 2.41 bits per heavy atom. The van der Waals surface area contributed by atoms with Gasteiger partial charge in [-0.1, -0.05) is 50.2 Å². The van der Waals surface area contributed by atoms with Crippen molar-refractivity contribution in [1.82, 2.24) is 14.7 Å². The Morgan fingerprint density at radius 1 is 1.03 bits per heavy atom. The Balaban J connectivity index is 1.91. The van der Waals surface area contributed by atoms with E-state index in [0.717, 1.165) is 16.8 Å². The highest BCUT2D eigenvalue weighted by atomic mass is 19.1. The summed E-state index contributed by atoms with van der Waals surface area (Å²) in [7, 11) is 1.82. The molecule has 1 aromatic heterocycles. The maximum Gasteiger partial charge on any atom is 0.222 e. The van der Waals surface area contributed by atoms with Crippen molar-refractivity contribution < 1.29 is 19.0 Å². The molecule has 7 heteroatoms. The SMILES string of the molecule is CC(C)COC[C@H](O)CN(Cc1c(-c2ccccc2)nn(C)c1Oc1cccc(F)c1)C(C)C. The van der Waals surface area contributed by atoms with Crippen molar-refractivity contribution in [2.45, 2.75) is 46.4 Å². The monoisotopic (exact) mass is 469 g/mol. The molecule has 0 aliphatic heterocycles. The third-order valence-electron chi connectivity index (χ3n) is 5.44. The van der Waals surface area contributed by atoms with Gasteiger partial charge in [-0.2, -0.15) is 5.10 Å². The van der Waals surface area contributed by atoms with Crippen molar-refractivity contribution in [2.24, 2.45) is 13.0 Å². The average molecular weight is 470 g/mol. The minimum Gasteiger partial charge on any atom is -0.439 e. The predicted octanol–water partition coefficient (Wildman–Crippen LogP) is 5.26. The summed E-state index contributed by atoms with van der Waals surface area (Å²) in [6.45, 7) is 10.2. The first-order valence-electron chi connectivity index (χ1n) is 11.8. The number of rotatable bonds is 12. The molecule has 0 aliphatic carbocycles. The molecule has 0 fully saturated rings. The van der Waals surface area contributed by atoms with Crippen molar-refractivity contribution >= 4 is 0 Å². The van der Waals surface area contributed by atoms with Gasteiger partial charge in [0.25, 0.3) is 0 Å². The van der Waals surface area contributed by atoms with Crippen LogP contribution in [0.2, 0.25) is 0 Å². The fourth-order valence-corrected chi connectivity index (χ4v) is 3.72. The van der Waals surface area contributed by atoms with Gasteiger partial charge in [0.2, 0.25) is 5.88 Å². The van der Waals surface area contributed by atoms with E-state index in [-0.39, 0.29) is 18.5 Å². The standard InChI is InChI=1S/C27H36FN3O3/c1-19(2)17-33-18-23(32)15-31(20(3)4)16-25-26(21-10-7-6-8-11-21)29-30(5)27(25)34-24-13-9-12-22(28)14-24/h6-14,19-20,23,32H,15-18H2,1-5H3/t23-/m1/s1. The molecule has 0 saturated heterocycles. The van der Waals surface area contributed by atoms with Gasteiger partial charge in [0.1, 0.15) is 17.3 Å². The summed E-state index contributed by atoms with van der Waals surface area (Å²) in [6.07, 6.45) is -0.620. The molecule has 0 amide bonds. The van der Waals surface area contributed by atoms with Gasteiger partial charge in [0, 0.05) is 44.4 Å². The van der Waals surface area contributed by atoms with E-state index < -0.39 is 6.10 Å². The van der Waals surface area contributed by atoms with Crippen LogP contribution < -0.4 is 4.74 Å². The lowest BCUT2D eigenvalue weighted by molar-refractivity contribution is 0.00166. The van der Waals surface area contributed by atoms with Crippen LogP contribution in [-0.4, -0.2) is 51.7 Å². The van der Waals surface area contributed by atoms with Gasteiger partial charge in [-0.25, -0.2) is 9.07 Å². The van der Waals surface area contributed by atoms with E-state index in [9.17, 15) is 9.50 Å². The summed E-state index contributed by atoms with van der Waals surface area (Å²) in [6, 6.07) is 16.1. The van der Waals surface area contributed by atoms with E-state index in [1.807, 2.05) is 37.4 Å². The normalized spacial score (nSPS) is 12.6. The van der Waals surface area contributed by atoms with Crippen molar-refractivity contribution in [3.63, 3.8) is 0 Å². The molecule has 1 N–H and O–H groups in total. The molecule has 6 nitrogen and oxygen atoms in total. The molecule has 1 atom stereocenters. The zero-order valence-corrected chi connectivity index (χ0v) is 20.7. The van der Waals surface area contributed by atoms with Gasteiger partial charge in [0.05, 0.1) is 18.3 Å². The highest BCUT2D eigenvalue weighted by Crippen LogP contribution is 2.34. The summed E-state index contributed by atoms with van der Waals surface area (Å²) in [5, 5.41) is 15.4. The fourth-order valence-electron chi connectivity index (χ4n) is 3.72. The van der Waals surface area contributed by atoms with Gasteiger partial charge >= 0.3 is 0 Å². The molecule has 2 aromatic carbocycles. The van der Waals surface area contributed by atoms with Crippen LogP contribution in [0.5, 0.6) is 11.6 Å². The number of halogens is 1. The first-order valence-corrected chi connectivity index (χ1v) is 11.8. The molecule has 3 rings (SSSR count). The van der Waals surface area contributed by atoms with E-state index in [0.29, 0.717) is 37.2 Å². The van der Waals surface area contributed by atoms with Crippen LogP contribution in [0, 0.1) is 11.7 Å². The molecule has 0 bridgehead atoms. The summed E-state index contributed by atoms with van der Waals surface area (Å²) in [5.41, 5.74) is 2.64. The van der Waals surface area contributed by atoms with Crippen molar-refractivity contribution in [3.05, 3.63) is 66.0 Å². The molecule has 184 valence electrons. The van der Waals surface area contributed by atoms with E-state index in [2.05, 4.69) is 32.6 Å². The summed E-state index contributed by atoms with van der Waals surface area (Å²) in [4.78, 5) is 2.17. The number of hydrogen-bond acceptors (Lipinski definition) is 5. The first-order chi connectivity index (χ1) is 16.2. The largest absolute Gasteiger partial charge is 0.439 e. The van der Waals surface area contributed by atoms with Crippen molar-refractivity contribution in [3.8, 4) is 22.9 Å². The fraction of sp³-hybridized carbons (Fsp3) is 0.444. The quantitative estimate of drug-likeness (QED) is 0.392. The third-order valence-corrected chi connectivity index (χ3v) is 5.44. The first kappa shape index (κ1) is 25.9. The van der Waals surface area contributed by atoms with Gasteiger partial charge in [-0.3, -0.25) is 4.90 Å². The number of hydrogen-bond donors (Lipinski definition) is 1. The molecule has 0 saturated carbocycles. The highest BCUT2D eigenvalue weighted by molar-refractivity contribution is 5.65. The number of aliphatic hydroxyl groups excluding tert-OH is 1. The number of ether oxygens (including phenoxy) is 2. The molecule has 0 unspecified atom stereocenters. The second-order valence-electron chi connectivity index (χ2n) is 9.29. The zero-order chi connectivity index (χ0) is 24.7. The Hall–Kier alpha value is -2.74. The van der Waals surface area contributed by atoms with Crippen LogP contribution in [0.25, 0.3) is 11.3 Å². The lowest BCUT2D eigenvalue weighted by Gasteiger charge is -2.29. The molecule has 34 heavy (non-hydrogen) atoms. The van der Waals surface area contributed by atoms with Gasteiger partial charge in [-0.15, -0.1) is 0 Å². The lowest BCUT2D eigenvalue weighted by Crippen LogP contribution is -2.39. The summed E-state index contributed by atoms with van der Waals surface area (Å²) in [5.74, 6) is 1.00. The van der Waals surface area contributed by atoms with E-state index >= 15 is 0 Å². The van der Waals surface area contributed by atoms with Crippen LogP contribution in [-0.2, 0) is 18.3 Å². The van der Waals surface area contributed by atoms with Crippen molar-refractivity contribution in [2.75, 3.05) is 19.8 Å². The van der Waals surface area contributed by atoms with Crippen LogP contribution in [0.3, 0.4) is 0 Å². The van der Waals surface area contributed by atoms with Gasteiger partial charge < -0.3 is 14.6 Å². The smallest absolute Gasteiger partial charge is 0.222 e. The molecule has 0 radical (unpaired) electrons. The van der Waals surface area contributed by atoms with Gasteiger partial charge in [0.15, 0.2) is 0 Å². The van der Waals surface area contributed by atoms with Crippen LogP contribution in [0.1, 0.15) is 33.3 Å².